The molecule has 128 valence electrons. The lowest BCUT2D eigenvalue weighted by atomic mass is 10.1. The first-order chi connectivity index (χ1) is 11.4. The third-order valence-electron chi connectivity index (χ3n) is 3.81. The zero-order valence-electron chi connectivity index (χ0n) is 13.5. The van der Waals surface area contributed by atoms with Crippen molar-refractivity contribution in [3.05, 3.63) is 29.8 Å². The van der Waals surface area contributed by atoms with E-state index in [4.69, 9.17) is 5.26 Å². The molecule has 0 atom stereocenters. The molecule has 1 aliphatic heterocycles. The van der Waals surface area contributed by atoms with Gasteiger partial charge in [-0.3, -0.25) is 4.79 Å². The third-order valence-corrected chi connectivity index (χ3v) is 5.73. The molecule has 8 heteroatoms. The summed E-state index contributed by atoms with van der Waals surface area (Å²) in [5.74, 6) is -0.485. The number of piperidine rings is 1. The Balaban J connectivity index is 2.11. The largest absolute Gasteiger partial charge is 0.272 e. The summed E-state index contributed by atoms with van der Waals surface area (Å²) in [4.78, 5) is 11.5. The van der Waals surface area contributed by atoms with Gasteiger partial charge in [0.05, 0.1) is 16.7 Å². The molecule has 1 aromatic rings. The van der Waals surface area contributed by atoms with Crippen LogP contribution in [0.2, 0.25) is 0 Å². The highest BCUT2D eigenvalue weighted by Gasteiger charge is 2.25. The van der Waals surface area contributed by atoms with Crippen LogP contribution in [0.25, 0.3) is 0 Å². The molecule has 0 aromatic heterocycles. The Morgan fingerprint density at radius 3 is 2.46 bits per heavy atom. The van der Waals surface area contributed by atoms with E-state index in [1.165, 1.54) is 4.31 Å². The second-order valence-corrected chi connectivity index (χ2v) is 7.49. The maximum Gasteiger partial charge on any atom is 0.254 e. The molecule has 1 aliphatic rings. The van der Waals surface area contributed by atoms with E-state index in [1.807, 2.05) is 0 Å². The Morgan fingerprint density at radius 1 is 1.25 bits per heavy atom. The van der Waals surface area contributed by atoms with Crippen LogP contribution in [0.15, 0.2) is 34.3 Å². The van der Waals surface area contributed by atoms with E-state index in [0.29, 0.717) is 24.4 Å². The topological polar surface area (TPSA) is 103 Å². The van der Waals surface area contributed by atoms with E-state index in [-0.39, 0.29) is 11.3 Å². The van der Waals surface area contributed by atoms with Crippen molar-refractivity contribution in [1.29, 1.82) is 5.26 Å². The summed E-state index contributed by atoms with van der Waals surface area (Å²) in [5, 5.41) is 12.3. The standard InChI is InChI=1S/C16H20N4O3S/c1-13(18-19-16(21)9-10-17)14-5-7-15(8-6-14)24(22,23)20-11-3-2-4-12-20/h5-8H,2-4,9,11-12H2,1H3,(H,19,21)/b18-13+. The highest BCUT2D eigenvalue weighted by atomic mass is 32.2. The first-order valence-electron chi connectivity index (χ1n) is 7.76. The van der Waals surface area contributed by atoms with Gasteiger partial charge in [-0.15, -0.1) is 0 Å². The molecule has 0 spiro atoms. The molecule has 24 heavy (non-hydrogen) atoms. The average molecular weight is 348 g/mol. The van der Waals surface area contributed by atoms with E-state index >= 15 is 0 Å². The van der Waals surface area contributed by atoms with E-state index in [9.17, 15) is 13.2 Å². The minimum Gasteiger partial charge on any atom is -0.272 e. The maximum atomic E-state index is 12.6. The molecule has 1 heterocycles. The van der Waals surface area contributed by atoms with Gasteiger partial charge in [0, 0.05) is 13.1 Å². The van der Waals surface area contributed by atoms with E-state index in [0.717, 1.165) is 19.3 Å². The number of nitriles is 1. The van der Waals surface area contributed by atoms with Crippen LogP contribution in [0.1, 0.15) is 38.2 Å². The van der Waals surface area contributed by atoms with Crippen LogP contribution >= 0.6 is 0 Å². The molecule has 0 unspecified atom stereocenters. The second-order valence-electron chi connectivity index (χ2n) is 5.56. The van der Waals surface area contributed by atoms with E-state index < -0.39 is 15.9 Å². The Kier molecular flexibility index (Phi) is 6.06. The van der Waals surface area contributed by atoms with Crippen molar-refractivity contribution in [2.45, 2.75) is 37.5 Å². The monoisotopic (exact) mass is 348 g/mol. The van der Waals surface area contributed by atoms with Crippen LogP contribution in [0.3, 0.4) is 0 Å². The fourth-order valence-electron chi connectivity index (χ4n) is 2.44. The van der Waals surface area contributed by atoms with Gasteiger partial charge in [-0.25, -0.2) is 13.8 Å². The van der Waals surface area contributed by atoms with Gasteiger partial charge in [0.1, 0.15) is 6.42 Å². The summed E-state index contributed by atoms with van der Waals surface area (Å²) < 4.78 is 26.6. The van der Waals surface area contributed by atoms with E-state index in [2.05, 4.69) is 10.5 Å². The number of rotatable bonds is 5. The van der Waals surface area contributed by atoms with Gasteiger partial charge in [0.15, 0.2) is 0 Å². The van der Waals surface area contributed by atoms with Gasteiger partial charge < -0.3 is 0 Å². The number of hydrogen-bond donors (Lipinski definition) is 1. The Morgan fingerprint density at radius 2 is 1.88 bits per heavy atom. The predicted molar refractivity (Wildman–Crippen MR) is 89.6 cm³/mol. The van der Waals surface area contributed by atoms with Crippen molar-refractivity contribution >= 4 is 21.6 Å². The zero-order valence-corrected chi connectivity index (χ0v) is 14.3. The number of sulfonamides is 1. The number of nitrogens with one attached hydrogen (secondary N) is 1. The summed E-state index contributed by atoms with van der Waals surface area (Å²) >= 11 is 0. The molecule has 0 bridgehead atoms. The second kappa shape index (κ2) is 8.04. The molecule has 0 aliphatic carbocycles. The third kappa shape index (κ3) is 4.40. The SMILES string of the molecule is C/C(=N\NC(=O)CC#N)c1ccc(S(=O)(=O)N2CCCCC2)cc1. The molecular formula is C16H20N4O3S. The van der Waals surface area contributed by atoms with Crippen molar-refractivity contribution < 1.29 is 13.2 Å². The molecule has 0 saturated carbocycles. The number of amides is 1. The van der Waals surface area contributed by atoms with Gasteiger partial charge in [-0.2, -0.15) is 14.7 Å². The van der Waals surface area contributed by atoms with Gasteiger partial charge in [0.25, 0.3) is 5.91 Å². The maximum absolute atomic E-state index is 12.6. The van der Waals surface area contributed by atoms with Crippen LogP contribution in [0, 0.1) is 11.3 Å². The fourth-order valence-corrected chi connectivity index (χ4v) is 3.96. The molecule has 2 rings (SSSR count). The molecule has 1 aromatic carbocycles. The van der Waals surface area contributed by atoms with Gasteiger partial charge in [-0.05, 0) is 37.5 Å². The number of hydrogen-bond acceptors (Lipinski definition) is 5. The Labute approximate surface area is 142 Å². The summed E-state index contributed by atoms with van der Waals surface area (Å²) in [7, 11) is -3.45. The number of carbonyl (C=O) groups is 1. The predicted octanol–water partition coefficient (Wildman–Crippen LogP) is 1.62. The summed E-state index contributed by atoms with van der Waals surface area (Å²) in [5.41, 5.74) is 3.51. The van der Waals surface area contributed by atoms with Crippen molar-refractivity contribution in [1.82, 2.24) is 9.73 Å². The first kappa shape index (κ1) is 18.1. The normalized spacial score (nSPS) is 16.4. The first-order valence-corrected chi connectivity index (χ1v) is 9.20. The highest BCUT2D eigenvalue weighted by molar-refractivity contribution is 7.89. The minimum atomic E-state index is -3.45. The lowest BCUT2D eigenvalue weighted by molar-refractivity contribution is -0.120. The molecule has 7 nitrogen and oxygen atoms in total. The smallest absolute Gasteiger partial charge is 0.254 e. The summed E-state index contributed by atoms with van der Waals surface area (Å²) in [6, 6.07) is 8.15. The van der Waals surface area contributed by atoms with Crippen molar-refractivity contribution in [2.75, 3.05) is 13.1 Å². The number of carbonyl (C=O) groups excluding carboxylic acids is 1. The van der Waals surface area contributed by atoms with Gasteiger partial charge >= 0.3 is 0 Å². The van der Waals surface area contributed by atoms with Crippen LogP contribution in [-0.2, 0) is 14.8 Å². The fraction of sp³-hybridized carbons (Fsp3) is 0.438. The van der Waals surface area contributed by atoms with Crippen molar-refractivity contribution in [3.8, 4) is 6.07 Å². The number of hydrazone groups is 1. The summed E-state index contributed by atoms with van der Waals surface area (Å²) in [6.45, 7) is 2.83. The van der Waals surface area contributed by atoms with Crippen molar-refractivity contribution in [3.63, 3.8) is 0 Å². The quantitative estimate of drug-likeness (QED) is 0.645. The Bertz CT molecular complexity index is 758. The lowest BCUT2D eigenvalue weighted by Gasteiger charge is -2.25. The average Bonchev–Trinajstić information content (AvgIpc) is 2.61. The van der Waals surface area contributed by atoms with Crippen molar-refractivity contribution in [2.24, 2.45) is 5.10 Å². The Hall–Kier alpha value is -2.24. The van der Waals surface area contributed by atoms with Crippen LogP contribution in [-0.4, -0.2) is 37.4 Å². The van der Waals surface area contributed by atoms with E-state index in [1.54, 1.807) is 37.3 Å². The van der Waals surface area contributed by atoms with Gasteiger partial charge in [-0.1, -0.05) is 18.6 Å². The highest BCUT2D eigenvalue weighted by Crippen LogP contribution is 2.21. The number of nitrogens with zero attached hydrogens (tertiary/aromatic N) is 3. The molecule has 1 N–H and O–H groups in total. The van der Waals surface area contributed by atoms with Crippen LogP contribution in [0.5, 0.6) is 0 Å². The molecular weight excluding hydrogens is 328 g/mol. The van der Waals surface area contributed by atoms with Crippen LogP contribution in [0.4, 0.5) is 0 Å². The zero-order chi connectivity index (χ0) is 17.6. The molecule has 1 saturated heterocycles. The summed E-state index contributed by atoms with van der Waals surface area (Å²) in [6.07, 6.45) is 2.60. The minimum absolute atomic E-state index is 0.259. The molecule has 0 radical (unpaired) electrons. The van der Waals surface area contributed by atoms with Crippen LogP contribution < -0.4 is 5.43 Å². The lowest BCUT2D eigenvalue weighted by Crippen LogP contribution is -2.35. The molecule has 1 amide bonds. The van der Waals surface area contributed by atoms with Gasteiger partial charge in [0.2, 0.25) is 10.0 Å². The molecule has 1 fully saturated rings. The number of benzene rings is 1.